The molecule has 0 aromatic rings. The van der Waals surface area contributed by atoms with Crippen molar-refractivity contribution in [1.82, 2.24) is 5.32 Å². The molecule has 3 N–H and O–H groups in total. The van der Waals surface area contributed by atoms with Crippen LogP contribution in [0.4, 0.5) is 0 Å². The third kappa shape index (κ3) is 20.8. The number of hydrogen-bond donors (Lipinski definition) is 3. The number of carbonyl (C=O) groups is 1. The van der Waals surface area contributed by atoms with Crippen LogP contribution < -0.4 is 5.32 Å². The fourth-order valence-corrected chi connectivity index (χ4v) is 3.88. The van der Waals surface area contributed by atoms with Gasteiger partial charge >= 0.3 is 0 Å². The van der Waals surface area contributed by atoms with Gasteiger partial charge in [-0.15, -0.1) is 0 Å². The summed E-state index contributed by atoms with van der Waals surface area (Å²) < 4.78 is 0. The van der Waals surface area contributed by atoms with Crippen molar-refractivity contribution < 1.29 is 15.0 Å². The zero-order valence-corrected chi connectivity index (χ0v) is 20.8. The summed E-state index contributed by atoms with van der Waals surface area (Å²) in [5, 5.41) is 22.6. The summed E-state index contributed by atoms with van der Waals surface area (Å²) in [6, 6.07) is -0.610. The number of aliphatic hydroxyl groups excluding tert-OH is 2. The molecule has 0 fully saturated rings. The summed E-state index contributed by atoms with van der Waals surface area (Å²) >= 11 is 0. The fraction of sp³-hybridized carbons (Fsp3) is 0.889. The molecule has 0 aliphatic heterocycles. The Morgan fingerprint density at radius 1 is 0.742 bits per heavy atom. The van der Waals surface area contributed by atoms with Gasteiger partial charge in [-0.25, -0.2) is 0 Å². The molecular formula is C27H53NO3. The number of hydrogen-bond acceptors (Lipinski definition) is 3. The van der Waals surface area contributed by atoms with E-state index in [1.807, 2.05) is 6.08 Å². The molecule has 31 heavy (non-hydrogen) atoms. The van der Waals surface area contributed by atoms with E-state index in [0.717, 1.165) is 25.7 Å². The fourth-order valence-electron chi connectivity index (χ4n) is 3.88. The predicted octanol–water partition coefficient (Wildman–Crippen LogP) is 6.83. The topological polar surface area (TPSA) is 69.6 Å². The third-order valence-corrected chi connectivity index (χ3v) is 6.02. The molecule has 0 aliphatic carbocycles. The number of unbranched alkanes of at least 4 members (excludes halogenated alkanes) is 16. The van der Waals surface area contributed by atoms with Crippen molar-refractivity contribution in [2.45, 2.75) is 148 Å². The maximum atomic E-state index is 12.1. The van der Waals surface area contributed by atoms with Crippen molar-refractivity contribution in [3.63, 3.8) is 0 Å². The molecule has 0 spiro atoms. The minimum absolute atomic E-state index is 0.0728. The van der Waals surface area contributed by atoms with E-state index in [0.29, 0.717) is 6.42 Å². The Kier molecular flexibility index (Phi) is 23.1. The van der Waals surface area contributed by atoms with E-state index < -0.39 is 12.1 Å². The van der Waals surface area contributed by atoms with Crippen molar-refractivity contribution >= 4 is 5.91 Å². The van der Waals surface area contributed by atoms with Gasteiger partial charge in [-0.2, -0.15) is 0 Å². The lowest BCUT2D eigenvalue weighted by atomic mass is 10.1. The van der Waals surface area contributed by atoms with E-state index in [4.69, 9.17) is 0 Å². The van der Waals surface area contributed by atoms with E-state index in [1.54, 1.807) is 6.08 Å². The molecule has 0 aromatic carbocycles. The van der Waals surface area contributed by atoms with Gasteiger partial charge in [0.05, 0.1) is 18.8 Å². The van der Waals surface area contributed by atoms with Gasteiger partial charge < -0.3 is 15.5 Å². The Morgan fingerprint density at radius 2 is 1.19 bits per heavy atom. The quantitative estimate of drug-likeness (QED) is 0.121. The highest BCUT2D eigenvalue weighted by Crippen LogP contribution is 2.12. The first-order valence-corrected chi connectivity index (χ1v) is 13.4. The molecule has 0 saturated heterocycles. The first-order valence-electron chi connectivity index (χ1n) is 13.4. The Labute approximate surface area is 193 Å². The summed E-state index contributed by atoms with van der Waals surface area (Å²) in [6.45, 7) is 4.23. The van der Waals surface area contributed by atoms with Crippen LogP contribution in [0.3, 0.4) is 0 Å². The van der Waals surface area contributed by atoms with Gasteiger partial charge in [-0.3, -0.25) is 4.79 Å². The van der Waals surface area contributed by atoms with Crippen molar-refractivity contribution in [3.05, 3.63) is 12.2 Å². The maximum absolute atomic E-state index is 12.1. The van der Waals surface area contributed by atoms with Crippen molar-refractivity contribution in [2.75, 3.05) is 6.61 Å². The standard InChI is InChI=1S/C27H53NO3/c1-3-5-7-9-11-13-14-15-16-18-20-22-26(30)25(24-29)28-27(31)23-21-19-17-12-10-8-6-4-2/h20,22,25-26,29-30H,3-19,21,23-24H2,1-2H3,(H,28,31)/b22-20+/t25-,26+/m0/s1. The van der Waals surface area contributed by atoms with Gasteiger partial charge in [0.2, 0.25) is 5.91 Å². The van der Waals surface area contributed by atoms with Crippen LogP contribution in [0.2, 0.25) is 0 Å². The summed E-state index contributed by atoms with van der Waals surface area (Å²) in [4.78, 5) is 12.1. The summed E-state index contributed by atoms with van der Waals surface area (Å²) in [6.07, 6.45) is 25.6. The molecule has 0 unspecified atom stereocenters. The molecule has 0 aliphatic rings. The minimum atomic E-state index is -0.828. The Hall–Kier alpha value is -0.870. The van der Waals surface area contributed by atoms with Crippen LogP contribution in [0.5, 0.6) is 0 Å². The van der Waals surface area contributed by atoms with E-state index in [-0.39, 0.29) is 12.5 Å². The monoisotopic (exact) mass is 439 g/mol. The Balaban J connectivity index is 3.74. The van der Waals surface area contributed by atoms with Crippen LogP contribution in [0.15, 0.2) is 12.2 Å². The SMILES string of the molecule is CCCCCCCCCCC/C=C/[C@@H](O)[C@H](CO)NC(=O)CCCCCCCCCC. The second kappa shape index (κ2) is 23.8. The smallest absolute Gasteiger partial charge is 0.220 e. The number of rotatable bonds is 23. The average molecular weight is 440 g/mol. The lowest BCUT2D eigenvalue weighted by Gasteiger charge is -2.20. The van der Waals surface area contributed by atoms with Gasteiger partial charge in [0, 0.05) is 6.42 Å². The second-order valence-corrected chi connectivity index (χ2v) is 9.12. The second-order valence-electron chi connectivity index (χ2n) is 9.12. The van der Waals surface area contributed by atoms with Gasteiger partial charge in [0.25, 0.3) is 0 Å². The van der Waals surface area contributed by atoms with Crippen molar-refractivity contribution in [2.24, 2.45) is 0 Å². The lowest BCUT2D eigenvalue weighted by molar-refractivity contribution is -0.123. The van der Waals surface area contributed by atoms with Crippen LogP contribution in [0, 0.1) is 0 Å². The Morgan fingerprint density at radius 3 is 1.68 bits per heavy atom. The molecule has 4 nitrogen and oxygen atoms in total. The summed E-state index contributed by atoms with van der Waals surface area (Å²) in [7, 11) is 0. The van der Waals surface area contributed by atoms with Crippen molar-refractivity contribution in [1.29, 1.82) is 0 Å². The largest absolute Gasteiger partial charge is 0.394 e. The van der Waals surface area contributed by atoms with Crippen LogP contribution in [-0.2, 0) is 4.79 Å². The predicted molar refractivity (Wildman–Crippen MR) is 133 cm³/mol. The number of carbonyl (C=O) groups excluding carboxylic acids is 1. The molecule has 0 aromatic heterocycles. The van der Waals surface area contributed by atoms with Gasteiger partial charge in [0.1, 0.15) is 0 Å². The van der Waals surface area contributed by atoms with Gasteiger partial charge in [-0.05, 0) is 19.3 Å². The zero-order chi connectivity index (χ0) is 23.0. The van der Waals surface area contributed by atoms with Crippen LogP contribution in [0.25, 0.3) is 0 Å². The van der Waals surface area contributed by atoms with Crippen LogP contribution >= 0.6 is 0 Å². The molecule has 0 heterocycles. The average Bonchev–Trinajstić information content (AvgIpc) is 2.77. The van der Waals surface area contributed by atoms with E-state index in [1.165, 1.54) is 89.9 Å². The molecular weight excluding hydrogens is 386 g/mol. The van der Waals surface area contributed by atoms with E-state index in [2.05, 4.69) is 19.2 Å². The van der Waals surface area contributed by atoms with E-state index >= 15 is 0 Å². The minimum Gasteiger partial charge on any atom is -0.394 e. The number of aliphatic hydroxyl groups is 2. The molecule has 4 heteroatoms. The first-order chi connectivity index (χ1) is 15.2. The summed E-state index contributed by atoms with van der Waals surface area (Å²) in [5.74, 6) is -0.0728. The molecule has 184 valence electrons. The lowest BCUT2D eigenvalue weighted by Crippen LogP contribution is -2.45. The molecule has 1 amide bonds. The van der Waals surface area contributed by atoms with Gasteiger partial charge in [0.15, 0.2) is 0 Å². The highest BCUT2D eigenvalue weighted by atomic mass is 16.3. The number of amides is 1. The third-order valence-electron chi connectivity index (χ3n) is 6.02. The Bertz CT molecular complexity index is 411. The van der Waals surface area contributed by atoms with Crippen LogP contribution in [-0.4, -0.2) is 34.9 Å². The highest BCUT2D eigenvalue weighted by molar-refractivity contribution is 5.76. The number of allylic oxidation sites excluding steroid dienone is 1. The molecule has 0 bridgehead atoms. The zero-order valence-electron chi connectivity index (χ0n) is 20.8. The highest BCUT2D eigenvalue weighted by Gasteiger charge is 2.17. The van der Waals surface area contributed by atoms with E-state index in [9.17, 15) is 15.0 Å². The van der Waals surface area contributed by atoms with Gasteiger partial charge in [-0.1, -0.05) is 122 Å². The molecule has 2 atom stereocenters. The molecule has 0 saturated carbocycles. The maximum Gasteiger partial charge on any atom is 0.220 e. The number of nitrogens with one attached hydrogen (secondary N) is 1. The normalized spacial score (nSPS) is 13.5. The molecule has 0 rings (SSSR count). The van der Waals surface area contributed by atoms with Crippen LogP contribution in [0.1, 0.15) is 136 Å². The first kappa shape index (κ1) is 30.1. The van der Waals surface area contributed by atoms with Crippen molar-refractivity contribution in [3.8, 4) is 0 Å². The molecule has 0 radical (unpaired) electrons. The summed E-state index contributed by atoms with van der Waals surface area (Å²) in [5.41, 5.74) is 0.